The minimum Gasteiger partial charge on any atom is -0.490 e. The van der Waals surface area contributed by atoms with E-state index in [9.17, 15) is 30.7 Å². The molecule has 0 aliphatic rings. The van der Waals surface area contributed by atoms with Crippen LogP contribution in [0.2, 0.25) is 0 Å². The highest BCUT2D eigenvalue weighted by Gasteiger charge is 2.38. The quantitative estimate of drug-likeness (QED) is 0.102. The molecule has 0 saturated heterocycles. The van der Waals surface area contributed by atoms with Crippen LogP contribution in [0, 0.1) is 40.9 Å². The van der Waals surface area contributed by atoms with Gasteiger partial charge in [0.15, 0.2) is 17.5 Å². The minimum absolute atomic E-state index is 0.0574. The van der Waals surface area contributed by atoms with Crippen LogP contribution in [0.5, 0.6) is 11.5 Å². The number of alkyl halides is 2. The summed E-state index contributed by atoms with van der Waals surface area (Å²) in [6, 6.07) is 13.6. The first kappa shape index (κ1) is 27.3. The average molecular weight is 542 g/mol. The van der Waals surface area contributed by atoms with Crippen molar-refractivity contribution in [1.82, 2.24) is 0 Å². The summed E-state index contributed by atoms with van der Waals surface area (Å²) in [6.07, 6.45) is -2.77. The monoisotopic (exact) mass is 542 g/mol. The molecular formula is C30H17F7O2. The van der Waals surface area contributed by atoms with Crippen molar-refractivity contribution in [3.63, 3.8) is 0 Å². The fraction of sp³-hybridized carbons (Fsp3) is 0.0667. The van der Waals surface area contributed by atoms with Crippen molar-refractivity contribution in [2.75, 3.05) is 6.61 Å². The number of rotatable bonds is 7. The number of benzene rings is 4. The minimum atomic E-state index is -4.38. The van der Waals surface area contributed by atoms with E-state index in [4.69, 9.17) is 4.74 Å². The first-order chi connectivity index (χ1) is 18.6. The van der Waals surface area contributed by atoms with Gasteiger partial charge in [-0.3, -0.25) is 0 Å². The molecule has 0 bridgehead atoms. The molecule has 0 fully saturated rings. The van der Waals surface area contributed by atoms with Gasteiger partial charge in [-0.25, -0.2) is 22.0 Å². The summed E-state index contributed by atoms with van der Waals surface area (Å²) >= 11 is 0. The van der Waals surface area contributed by atoms with Gasteiger partial charge < -0.3 is 9.47 Å². The van der Waals surface area contributed by atoms with E-state index in [1.54, 1.807) is 30.3 Å². The summed E-state index contributed by atoms with van der Waals surface area (Å²) < 4.78 is 108. The fourth-order valence-corrected chi connectivity index (χ4v) is 3.47. The lowest BCUT2D eigenvalue weighted by Crippen LogP contribution is -2.23. The van der Waals surface area contributed by atoms with Crippen molar-refractivity contribution in [2.45, 2.75) is 6.11 Å². The molecule has 0 saturated carbocycles. The molecule has 0 radical (unpaired) electrons. The van der Waals surface area contributed by atoms with Gasteiger partial charge in [-0.1, -0.05) is 36.6 Å². The van der Waals surface area contributed by atoms with Gasteiger partial charge in [-0.15, -0.1) is 0 Å². The molecule has 0 spiro atoms. The lowest BCUT2D eigenvalue weighted by atomic mass is 10.0. The molecule has 0 atom stereocenters. The maximum atomic E-state index is 14.8. The Morgan fingerprint density at radius 3 is 1.95 bits per heavy atom. The molecule has 9 heteroatoms. The zero-order valence-corrected chi connectivity index (χ0v) is 19.9. The number of halogens is 7. The second-order valence-corrected chi connectivity index (χ2v) is 8.08. The Morgan fingerprint density at radius 1 is 0.692 bits per heavy atom. The highest BCUT2D eigenvalue weighted by molar-refractivity contribution is 5.66. The molecule has 0 aromatic heterocycles. The first-order valence-corrected chi connectivity index (χ1v) is 11.2. The van der Waals surface area contributed by atoms with E-state index >= 15 is 0 Å². The standard InChI is InChI=1S/C30H17F7O2/c1-2-13-38-21-9-5-18(6-10-21)3-4-19-7-11-23(25(31)14-19)20-8-12-24(26(32)15-20)30(36,37)39-22-16-27(33)29(35)28(34)17-22/h2,5-12,14-17H,1,13H2. The summed E-state index contributed by atoms with van der Waals surface area (Å²) in [5.74, 6) is -2.37. The Bertz CT molecular complexity index is 1560. The number of hydrogen-bond donors (Lipinski definition) is 0. The Morgan fingerprint density at radius 2 is 1.33 bits per heavy atom. The van der Waals surface area contributed by atoms with Crippen molar-refractivity contribution in [3.05, 3.63) is 131 Å². The van der Waals surface area contributed by atoms with Gasteiger partial charge in [0.25, 0.3) is 0 Å². The van der Waals surface area contributed by atoms with E-state index in [-0.39, 0.29) is 23.3 Å². The third-order valence-corrected chi connectivity index (χ3v) is 5.34. The SMILES string of the molecule is C=CCOc1ccc(C#Cc2ccc(-c3ccc(C(F)(F)Oc4cc(F)c(F)c(F)c4)c(F)c3)c(F)c2)cc1. The van der Waals surface area contributed by atoms with Crippen LogP contribution in [0.25, 0.3) is 11.1 Å². The molecule has 4 aromatic carbocycles. The van der Waals surface area contributed by atoms with Gasteiger partial charge >= 0.3 is 6.11 Å². The first-order valence-electron chi connectivity index (χ1n) is 11.2. The van der Waals surface area contributed by atoms with E-state index in [1.165, 1.54) is 12.1 Å². The zero-order chi connectivity index (χ0) is 28.2. The topological polar surface area (TPSA) is 18.5 Å². The summed E-state index contributed by atoms with van der Waals surface area (Å²) in [7, 11) is 0. The van der Waals surface area contributed by atoms with Crippen molar-refractivity contribution in [1.29, 1.82) is 0 Å². The Balaban J connectivity index is 1.52. The van der Waals surface area contributed by atoms with Crippen molar-refractivity contribution in [2.24, 2.45) is 0 Å². The van der Waals surface area contributed by atoms with E-state index in [1.807, 2.05) is 0 Å². The number of ether oxygens (including phenoxy) is 2. The molecule has 4 aromatic rings. The molecule has 39 heavy (non-hydrogen) atoms. The predicted molar refractivity (Wildman–Crippen MR) is 131 cm³/mol. The van der Waals surface area contributed by atoms with E-state index < -0.39 is 46.5 Å². The molecule has 0 N–H and O–H groups in total. The summed E-state index contributed by atoms with van der Waals surface area (Å²) in [6.45, 7) is 3.92. The molecule has 198 valence electrons. The van der Waals surface area contributed by atoms with Crippen LogP contribution in [-0.2, 0) is 6.11 Å². The second kappa shape index (κ2) is 11.4. The van der Waals surface area contributed by atoms with Gasteiger partial charge in [-0.2, -0.15) is 8.78 Å². The summed E-state index contributed by atoms with van der Waals surface area (Å²) in [4.78, 5) is 0. The van der Waals surface area contributed by atoms with Gasteiger partial charge in [0.2, 0.25) is 0 Å². The zero-order valence-electron chi connectivity index (χ0n) is 19.9. The van der Waals surface area contributed by atoms with E-state index in [0.29, 0.717) is 35.6 Å². The fourth-order valence-electron chi connectivity index (χ4n) is 3.47. The molecule has 4 rings (SSSR count). The third kappa shape index (κ3) is 6.41. The van der Waals surface area contributed by atoms with Gasteiger partial charge in [0.1, 0.15) is 29.7 Å². The molecule has 0 amide bonds. The van der Waals surface area contributed by atoms with Crippen LogP contribution < -0.4 is 9.47 Å². The summed E-state index contributed by atoms with van der Waals surface area (Å²) in [5, 5.41) is 0. The average Bonchev–Trinajstić information content (AvgIpc) is 2.89. The normalized spacial score (nSPS) is 10.9. The molecule has 0 aliphatic heterocycles. The summed E-state index contributed by atoms with van der Waals surface area (Å²) in [5.41, 5.74) is -0.448. The van der Waals surface area contributed by atoms with Gasteiger partial charge in [-0.05, 0) is 54.1 Å². The molecule has 0 aliphatic carbocycles. The smallest absolute Gasteiger partial charge is 0.429 e. The largest absolute Gasteiger partial charge is 0.490 e. The number of hydrogen-bond acceptors (Lipinski definition) is 2. The lowest BCUT2D eigenvalue weighted by Gasteiger charge is -2.19. The lowest BCUT2D eigenvalue weighted by molar-refractivity contribution is -0.187. The Hall–Kier alpha value is -4.71. The molecular weight excluding hydrogens is 525 g/mol. The van der Waals surface area contributed by atoms with Crippen LogP contribution in [0.3, 0.4) is 0 Å². The van der Waals surface area contributed by atoms with Crippen LogP contribution in [0.1, 0.15) is 16.7 Å². The van der Waals surface area contributed by atoms with Crippen molar-refractivity contribution in [3.8, 4) is 34.5 Å². The maximum Gasteiger partial charge on any atom is 0.429 e. The third-order valence-electron chi connectivity index (χ3n) is 5.34. The van der Waals surface area contributed by atoms with Gasteiger partial charge in [0, 0.05) is 28.8 Å². The van der Waals surface area contributed by atoms with Crippen LogP contribution >= 0.6 is 0 Å². The maximum absolute atomic E-state index is 14.8. The van der Waals surface area contributed by atoms with E-state index in [2.05, 4.69) is 23.2 Å². The second-order valence-electron chi connectivity index (χ2n) is 8.08. The predicted octanol–water partition coefficient (Wildman–Crippen LogP) is 8.14. The highest BCUT2D eigenvalue weighted by atomic mass is 19.3. The van der Waals surface area contributed by atoms with Crippen LogP contribution in [-0.4, -0.2) is 6.61 Å². The molecule has 0 heterocycles. The van der Waals surface area contributed by atoms with Crippen LogP contribution in [0.4, 0.5) is 30.7 Å². The highest BCUT2D eigenvalue weighted by Crippen LogP contribution is 2.36. The Labute approximate surface area is 218 Å². The van der Waals surface area contributed by atoms with Crippen molar-refractivity contribution < 1.29 is 40.2 Å². The van der Waals surface area contributed by atoms with Crippen molar-refractivity contribution >= 4 is 0 Å². The van der Waals surface area contributed by atoms with E-state index in [0.717, 1.165) is 12.1 Å². The molecule has 2 nitrogen and oxygen atoms in total. The van der Waals surface area contributed by atoms with Gasteiger partial charge in [0.05, 0.1) is 5.56 Å². The Kier molecular flexibility index (Phi) is 7.96. The van der Waals surface area contributed by atoms with Crippen LogP contribution in [0.15, 0.2) is 85.5 Å². The molecule has 0 unspecified atom stereocenters.